The Balaban J connectivity index is 2.57. The zero-order chi connectivity index (χ0) is 12.5. The molecule has 88 valence electrons. The van der Waals surface area contributed by atoms with E-state index in [9.17, 15) is 8.42 Å². The van der Waals surface area contributed by atoms with E-state index in [-0.39, 0.29) is 0 Å². The largest absolute Gasteiger partial charge is 0.219 e. The molecule has 0 spiro atoms. The summed E-state index contributed by atoms with van der Waals surface area (Å²) >= 11 is 4.23. The SMILES string of the molecule is Cc1cc(S(=O)(=O)c2ccccc2)ccc1S. The first-order valence-electron chi connectivity index (χ1n) is 5.11. The molecule has 17 heavy (non-hydrogen) atoms. The summed E-state index contributed by atoms with van der Waals surface area (Å²) in [5.41, 5.74) is 0.852. The van der Waals surface area contributed by atoms with Crippen molar-refractivity contribution in [1.82, 2.24) is 0 Å². The predicted molar refractivity (Wildman–Crippen MR) is 70.3 cm³/mol. The molecule has 0 saturated carbocycles. The number of benzene rings is 2. The highest BCUT2D eigenvalue weighted by atomic mass is 32.2. The lowest BCUT2D eigenvalue weighted by atomic mass is 10.2. The van der Waals surface area contributed by atoms with E-state index in [1.807, 2.05) is 6.92 Å². The fourth-order valence-electron chi connectivity index (χ4n) is 1.53. The Kier molecular flexibility index (Phi) is 3.26. The third-order valence-corrected chi connectivity index (χ3v) is 4.80. The normalized spacial score (nSPS) is 11.4. The van der Waals surface area contributed by atoms with Crippen molar-refractivity contribution in [3.05, 3.63) is 54.1 Å². The van der Waals surface area contributed by atoms with Crippen LogP contribution in [0.5, 0.6) is 0 Å². The molecule has 0 N–H and O–H groups in total. The molecule has 2 nitrogen and oxygen atoms in total. The maximum atomic E-state index is 12.3. The van der Waals surface area contributed by atoms with E-state index < -0.39 is 9.84 Å². The van der Waals surface area contributed by atoms with Gasteiger partial charge in [-0.25, -0.2) is 8.42 Å². The Morgan fingerprint density at radius 1 is 0.941 bits per heavy atom. The van der Waals surface area contributed by atoms with Crippen LogP contribution in [-0.2, 0) is 9.84 Å². The molecule has 2 aromatic carbocycles. The number of hydrogen-bond acceptors (Lipinski definition) is 3. The van der Waals surface area contributed by atoms with E-state index in [1.165, 1.54) is 0 Å². The zero-order valence-corrected chi connectivity index (χ0v) is 11.0. The van der Waals surface area contributed by atoms with Gasteiger partial charge in [-0.05, 0) is 42.8 Å². The Bertz CT molecular complexity index is 632. The minimum absolute atomic E-state index is 0.305. The minimum atomic E-state index is -3.41. The van der Waals surface area contributed by atoms with Gasteiger partial charge in [0.25, 0.3) is 0 Å². The van der Waals surface area contributed by atoms with Crippen LogP contribution < -0.4 is 0 Å². The highest BCUT2D eigenvalue weighted by Gasteiger charge is 2.17. The van der Waals surface area contributed by atoms with Crippen molar-refractivity contribution in [1.29, 1.82) is 0 Å². The summed E-state index contributed by atoms with van der Waals surface area (Å²) in [6, 6.07) is 13.3. The molecule has 0 radical (unpaired) electrons. The van der Waals surface area contributed by atoms with Crippen molar-refractivity contribution < 1.29 is 8.42 Å². The quantitative estimate of drug-likeness (QED) is 0.846. The highest BCUT2D eigenvalue weighted by Crippen LogP contribution is 2.23. The van der Waals surface area contributed by atoms with Crippen molar-refractivity contribution in [3.8, 4) is 0 Å². The lowest BCUT2D eigenvalue weighted by Gasteiger charge is -2.06. The third-order valence-electron chi connectivity index (χ3n) is 2.53. The van der Waals surface area contributed by atoms with Gasteiger partial charge in [0.2, 0.25) is 9.84 Å². The summed E-state index contributed by atoms with van der Waals surface area (Å²) in [6.45, 7) is 1.84. The maximum Gasteiger partial charge on any atom is 0.206 e. The van der Waals surface area contributed by atoms with Crippen molar-refractivity contribution >= 4 is 22.5 Å². The van der Waals surface area contributed by atoms with Crippen molar-refractivity contribution in [2.24, 2.45) is 0 Å². The number of hydrogen-bond donors (Lipinski definition) is 1. The fraction of sp³-hybridized carbons (Fsp3) is 0.0769. The first-order chi connectivity index (χ1) is 8.01. The molecule has 0 atom stereocenters. The average Bonchev–Trinajstić information content (AvgIpc) is 2.33. The minimum Gasteiger partial charge on any atom is -0.219 e. The molecule has 0 unspecified atom stereocenters. The summed E-state index contributed by atoms with van der Waals surface area (Å²) in [5, 5.41) is 0. The van der Waals surface area contributed by atoms with E-state index >= 15 is 0 Å². The van der Waals surface area contributed by atoms with Gasteiger partial charge in [0, 0.05) is 4.90 Å². The standard InChI is InChI=1S/C13H12O2S2/c1-10-9-12(7-8-13(10)16)17(14,15)11-5-3-2-4-6-11/h2-9,16H,1H3. The number of thiol groups is 1. The summed E-state index contributed by atoms with van der Waals surface area (Å²) in [5.74, 6) is 0. The summed E-state index contributed by atoms with van der Waals surface area (Å²) in [4.78, 5) is 1.40. The molecule has 0 aromatic heterocycles. The van der Waals surface area contributed by atoms with Crippen LogP contribution in [0.4, 0.5) is 0 Å². The Labute approximate surface area is 107 Å². The van der Waals surface area contributed by atoms with Crippen LogP contribution in [0.25, 0.3) is 0 Å². The molecule has 0 saturated heterocycles. The van der Waals surface area contributed by atoms with Crippen LogP contribution in [0.3, 0.4) is 0 Å². The second-order valence-electron chi connectivity index (χ2n) is 3.76. The van der Waals surface area contributed by atoms with Gasteiger partial charge in [-0.2, -0.15) is 0 Å². The molecule has 0 bridgehead atoms. The van der Waals surface area contributed by atoms with Gasteiger partial charge < -0.3 is 0 Å². The smallest absolute Gasteiger partial charge is 0.206 e. The van der Waals surface area contributed by atoms with Crippen LogP contribution in [0, 0.1) is 6.92 Å². The van der Waals surface area contributed by atoms with Gasteiger partial charge in [-0.1, -0.05) is 18.2 Å². The first-order valence-corrected chi connectivity index (χ1v) is 7.04. The van der Waals surface area contributed by atoms with E-state index in [2.05, 4.69) is 12.6 Å². The van der Waals surface area contributed by atoms with Crippen LogP contribution in [0.2, 0.25) is 0 Å². The van der Waals surface area contributed by atoms with Crippen molar-refractivity contribution in [2.45, 2.75) is 21.6 Å². The maximum absolute atomic E-state index is 12.3. The second kappa shape index (κ2) is 4.55. The molecule has 0 amide bonds. The predicted octanol–water partition coefficient (Wildman–Crippen LogP) is 3.12. The molecule has 0 aliphatic rings. The van der Waals surface area contributed by atoms with Crippen LogP contribution in [0.15, 0.2) is 63.2 Å². The second-order valence-corrected chi connectivity index (χ2v) is 6.20. The Morgan fingerprint density at radius 3 is 2.18 bits per heavy atom. The summed E-state index contributed by atoms with van der Waals surface area (Å²) in [6.07, 6.45) is 0. The van der Waals surface area contributed by atoms with E-state index in [4.69, 9.17) is 0 Å². The van der Waals surface area contributed by atoms with Gasteiger partial charge in [0.05, 0.1) is 9.79 Å². The lowest BCUT2D eigenvalue weighted by molar-refractivity contribution is 0.596. The monoisotopic (exact) mass is 264 g/mol. The molecule has 0 aliphatic heterocycles. The molecular weight excluding hydrogens is 252 g/mol. The van der Waals surface area contributed by atoms with E-state index in [1.54, 1.807) is 48.5 Å². The highest BCUT2D eigenvalue weighted by molar-refractivity contribution is 7.91. The third kappa shape index (κ3) is 2.37. The molecule has 2 aromatic rings. The first kappa shape index (κ1) is 12.2. The van der Waals surface area contributed by atoms with Gasteiger partial charge in [-0.15, -0.1) is 12.6 Å². The van der Waals surface area contributed by atoms with E-state index in [0.29, 0.717) is 9.79 Å². The van der Waals surface area contributed by atoms with Gasteiger partial charge in [-0.3, -0.25) is 0 Å². The Morgan fingerprint density at radius 2 is 1.59 bits per heavy atom. The molecule has 0 heterocycles. The molecule has 0 aliphatic carbocycles. The van der Waals surface area contributed by atoms with Crippen LogP contribution in [-0.4, -0.2) is 8.42 Å². The topological polar surface area (TPSA) is 34.1 Å². The van der Waals surface area contributed by atoms with Gasteiger partial charge in [0.1, 0.15) is 0 Å². The van der Waals surface area contributed by atoms with Crippen LogP contribution in [0.1, 0.15) is 5.56 Å². The zero-order valence-electron chi connectivity index (χ0n) is 9.29. The summed E-state index contributed by atoms with van der Waals surface area (Å²) in [7, 11) is -3.41. The number of rotatable bonds is 2. The lowest BCUT2D eigenvalue weighted by Crippen LogP contribution is -2.02. The number of aryl methyl sites for hydroxylation is 1. The van der Waals surface area contributed by atoms with Crippen molar-refractivity contribution in [2.75, 3.05) is 0 Å². The Hall–Kier alpha value is -1.26. The van der Waals surface area contributed by atoms with Gasteiger partial charge >= 0.3 is 0 Å². The van der Waals surface area contributed by atoms with Gasteiger partial charge in [0.15, 0.2) is 0 Å². The summed E-state index contributed by atoms with van der Waals surface area (Å²) < 4.78 is 24.5. The fourth-order valence-corrected chi connectivity index (χ4v) is 3.04. The molecular formula is C13H12O2S2. The van der Waals surface area contributed by atoms with Crippen molar-refractivity contribution in [3.63, 3.8) is 0 Å². The van der Waals surface area contributed by atoms with E-state index in [0.717, 1.165) is 10.5 Å². The average molecular weight is 264 g/mol. The number of sulfone groups is 1. The molecule has 4 heteroatoms. The van der Waals surface area contributed by atoms with Crippen LogP contribution >= 0.6 is 12.6 Å². The molecule has 2 rings (SSSR count). The molecule has 0 fully saturated rings.